The average molecular weight is 446 g/mol. The molecule has 5 nitrogen and oxygen atoms in total. The molecule has 0 radical (unpaired) electrons. The standard InChI is InChI=1S/C28H35N3O2/c1-4-5-18-30(27(32)22-13-7-6-8-14-22)21(3)26-29-25-17-10-9-16-24(25)28(33)31(26)23-15-11-12-20(2)19-23/h9-12,15-17,19,21-22H,4-8,13-14,18H2,1-3H3. The molecule has 1 fully saturated rings. The van der Waals surface area contributed by atoms with E-state index in [1.807, 2.05) is 67.3 Å². The second kappa shape index (κ2) is 10.3. The summed E-state index contributed by atoms with van der Waals surface area (Å²) in [6.45, 7) is 6.87. The molecule has 5 heteroatoms. The lowest BCUT2D eigenvalue weighted by Gasteiger charge is -2.34. The van der Waals surface area contributed by atoms with Crippen molar-refractivity contribution in [1.29, 1.82) is 0 Å². The first kappa shape index (κ1) is 23.2. The number of nitrogens with zero attached hydrogens (tertiary/aromatic N) is 3. The molecule has 1 heterocycles. The monoisotopic (exact) mass is 445 g/mol. The van der Waals surface area contributed by atoms with Crippen molar-refractivity contribution in [1.82, 2.24) is 14.5 Å². The Hall–Kier alpha value is -2.95. The van der Waals surface area contributed by atoms with Gasteiger partial charge in [-0.15, -0.1) is 0 Å². The lowest BCUT2D eigenvalue weighted by molar-refractivity contribution is -0.139. The number of rotatable bonds is 7. The molecule has 174 valence electrons. The molecule has 1 aliphatic rings. The van der Waals surface area contributed by atoms with E-state index in [2.05, 4.69) is 6.92 Å². The zero-order valence-electron chi connectivity index (χ0n) is 20.1. The van der Waals surface area contributed by atoms with E-state index in [0.717, 1.165) is 49.8 Å². The predicted molar refractivity (Wildman–Crippen MR) is 134 cm³/mol. The first-order valence-electron chi connectivity index (χ1n) is 12.4. The van der Waals surface area contributed by atoms with Crippen LogP contribution in [-0.4, -0.2) is 26.9 Å². The van der Waals surface area contributed by atoms with Gasteiger partial charge in [0, 0.05) is 12.5 Å². The van der Waals surface area contributed by atoms with E-state index < -0.39 is 0 Å². The minimum atomic E-state index is -0.302. The maximum Gasteiger partial charge on any atom is 0.266 e. The molecule has 0 bridgehead atoms. The zero-order valence-corrected chi connectivity index (χ0v) is 20.1. The fraction of sp³-hybridized carbons (Fsp3) is 0.464. The molecule has 0 saturated heterocycles. The summed E-state index contributed by atoms with van der Waals surface area (Å²) in [5.74, 6) is 0.927. The maximum atomic E-state index is 13.7. The molecule has 1 amide bonds. The van der Waals surface area contributed by atoms with Crippen LogP contribution in [0.15, 0.2) is 53.3 Å². The molecule has 0 N–H and O–H groups in total. The molecule has 1 aromatic heterocycles. The van der Waals surface area contributed by atoms with Crippen molar-refractivity contribution in [3.8, 4) is 5.69 Å². The van der Waals surface area contributed by atoms with Crippen LogP contribution in [0.3, 0.4) is 0 Å². The number of benzene rings is 2. The Morgan fingerprint density at radius 3 is 2.61 bits per heavy atom. The number of aryl methyl sites for hydroxylation is 1. The first-order valence-corrected chi connectivity index (χ1v) is 12.4. The Labute approximate surface area is 196 Å². The van der Waals surface area contributed by atoms with Gasteiger partial charge in [-0.3, -0.25) is 14.2 Å². The Morgan fingerprint density at radius 1 is 1.12 bits per heavy atom. The van der Waals surface area contributed by atoms with E-state index in [1.165, 1.54) is 6.42 Å². The Morgan fingerprint density at radius 2 is 1.88 bits per heavy atom. The van der Waals surface area contributed by atoms with Gasteiger partial charge in [-0.05, 0) is 62.9 Å². The summed E-state index contributed by atoms with van der Waals surface area (Å²) in [6.07, 6.45) is 7.33. The predicted octanol–water partition coefficient (Wildman–Crippen LogP) is 5.96. The quantitative estimate of drug-likeness (QED) is 0.451. The minimum Gasteiger partial charge on any atom is -0.333 e. The summed E-state index contributed by atoms with van der Waals surface area (Å²) in [7, 11) is 0. The number of carbonyl (C=O) groups is 1. The smallest absolute Gasteiger partial charge is 0.266 e. The van der Waals surface area contributed by atoms with Crippen molar-refractivity contribution in [2.75, 3.05) is 6.54 Å². The minimum absolute atomic E-state index is 0.0812. The first-order chi connectivity index (χ1) is 16.0. The fourth-order valence-corrected chi connectivity index (χ4v) is 4.99. The van der Waals surface area contributed by atoms with E-state index in [4.69, 9.17) is 4.98 Å². The molecular weight excluding hydrogens is 410 g/mol. The van der Waals surface area contributed by atoms with Gasteiger partial charge >= 0.3 is 0 Å². The fourth-order valence-electron chi connectivity index (χ4n) is 4.99. The molecule has 33 heavy (non-hydrogen) atoms. The number of aromatic nitrogens is 2. The number of amides is 1. The van der Waals surface area contributed by atoms with Crippen molar-refractivity contribution < 1.29 is 4.79 Å². The van der Waals surface area contributed by atoms with E-state index >= 15 is 0 Å². The SMILES string of the molecule is CCCCN(C(=O)C1CCCCC1)C(C)c1nc2ccccc2c(=O)n1-c1cccc(C)c1. The summed E-state index contributed by atoms with van der Waals surface area (Å²) in [5, 5.41) is 0.591. The number of fused-ring (bicyclic) bond motifs is 1. The van der Waals surface area contributed by atoms with Gasteiger partial charge in [0.05, 0.1) is 22.6 Å². The molecule has 3 aromatic rings. The number of para-hydroxylation sites is 1. The van der Waals surface area contributed by atoms with Crippen molar-refractivity contribution in [2.45, 2.75) is 71.8 Å². The van der Waals surface area contributed by atoms with E-state index in [0.29, 0.717) is 23.3 Å². The van der Waals surface area contributed by atoms with Crippen LogP contribution in [0.1, 0.15) is 76.2 Å². The lowest BCUT2D eigenvalue weighted by Crippen LogP contribution is -2.41. The van der Waals surface area contributed by atoms with Gasteiger partial charge in [0.25, 0.3) is 5.56 Å². The second-order valence-electron chi connectivity index (χ2n) is 9.36. The molecule has 1 unspecified atom stereocenters. The molecule has 2 aromatic carbocycles. The van der Waals surface area contributed by atoms with Crippen LogP contribution in [0.2, 0.25) is 0 Å². The molecule has 1 atom stereocenters. The third kappa shape index (κ3) is 4.87. The third-order valence-corrected chi connectivity index (χ3v) is 6.89. The Balaban J connectivity index is 1.85. The van der Waals surface area contributed by atoms with Gasteiger partial charge in [0.2, 0.25) is 5.91 Å². The highest BCUT2D eigenvalue weighted by Gasteiger charge is 2.31. The molecule has 0 aliphatic heterocycles. The lowest BCUT2D eigenvalue weighted by atomic mass is 9.88. The molecule has 4 rings (SSSR count). The van der Waals surface area contributed by atoms with E-state index in [-0.39, 0.29) is 23.4 Å². The Bertz CT molecular complexity index is 1180. The van der Waals surface area contributed by atoms with Crippen molar-refractivity contribution >= 4 is 16.8 Å². The van der Waals surface area contributed by atoms with Crippen molar-refractivity contribution in [2.24, 2.45) is 5.92 Å². The number of unbranched alkanes of at least 4 members (excludes halogenated alkanes) is 1. The number of hydrogen-bond donors (Lipinski definition) is 0. The topological polar surface area (TPSA) is 55.2 Å². The third-order valence-electron chi connectivity index (χ3n) is 6.89. The summed E-state index contributed by atoms with van der Waals surface area (Å²) in [6, 6.07) is 15.1. The molecule has 1 aliphatic carbocycles. The van der Waals surface area contributed by atoms with Gasteiger partial charge in [-0.2, -0.15) is 0 Å². The summed E-state index contributed by atoms with van der Waals surface area (Å²) < 4.78 is 1.72. The zero-order chi connectivity index (χ0) is 23.4. The van der Waals surface area contributed by atoms with Crippen LogP contribution in [0, 0.1) is 12.8 Å². The van der Waals surface area contributed by atoms with Gasteiger partial charge in [-0.25, -0.2) is 4.98 Å². The molecule has 1 saturated carbocycles. The number of carbonyl (C=O) groups excluding carboxylic acids is 1. The number of hydrogen-bond acceptors (Lipinski definition) is 3. The highest BCUT2D eigenvalue weighted by atomic mass is 16.2. The van der Waals surface area contributed by atoms with E-state index in [9.17, 15) is 9.59 Å². The van der Waals surface area contributed by atoms with Crippen molar-refractivity contribution in [3.05, 3.63) is 70.3 Å². The van der Waals surface area contributed by atoms with Crippen LogP contribution >= 0.6 is 0 Å². The van der Waals surface area contributed by atoms with Crippen LogP contribution in [-0.2, 0) is 4.79 Å². The van der Waals surface area contributed by atoms with Crippen LogP contribution in [0.4, 0.5) is 0 Å². The van der Waals surface area contributed by atoms with Crippen LogP contribution < -0.4 is 5.56 Å². The van der Waals surface area contributed by atoms with Gasteiger partial charge in [0.1, 0.15) is 5.82 Å². The van der Waals surface area contributed by atoms with Gasteiger partial charge in [-0.1, -0.05) is 56.9 Å². The average Bonchev–Trinajstić information content (AvgIpc) is 2.84. The van der Waals surface area contributed by atoms with Crippen LogP contribution in [0.25, 0.3) is 16.6 Å². The maximum absolute atomic E-state index is 13.7. The highest BCUT2D eigenvalue weighted by Crippen LogP contribution is 2.30. The van der Waals surface area contributed by atoms with Gasteiger partial charge in [0.15, 0.2) is 0 Å². The highest BCUT2D eigenvalue weighted by molar-refractivity contribution is 5.80. The largest absolute Gasteiger partial charge is 0.333 e. The van der Waals surface area contributed by atoms with Crippen molar-refractivity contribution in [3.63, 3.8) is 0 Å². The normalized spacial score (nSPS) is 15.5. The second-order valence-corrected chi connectivity index (χ2v) is 9.36. The molecular formula is C28H35N3O2. The summed E-state index contributed by atoms with van der Waals surface area (Å²) >= 11 is 0. The van der Waals surface area contributed by atoms with Crippen LogP contribution in [0.5, 0.6) is 0 Å². The summed E-state index contributed by atoms with van der Waals surface area (Å²) in [5.41, 5.74) is 2.45. The Kier molecular flexibility index (Phi) is 7.26. The molecule has 0 spiro atoms. The van der Waals surface area contributed by atoms with E-state index in [1.54, 1.807) is 4.57 Å². The van der Waals surface area contributed by atoms with Gasteiger partial charge < -0.3 is 4.90 Å². The summed E-state index contributed by atoms with van der Waals surface area (Å²) in [4.78, 5) is 34.3.